The van der Waals surface area contributed by atoms with Crippen LogP contribution in [0.5, 0.6) is 0 Å². The number of aromatic nitrogens is 2. The van der Waals surface area contributed by atoms with E-state index in [9.17, 15) is 4.79 Å². The Morgan fingerprint density at radius 3 is 2.59 bits per heavy atom. The first-order chi connectivity index (χ1) is 13.2. The average Bonchev–Trinajstić information content (AvgIpc) is 3.19. The summed E-state index contributed by atoms with van der Waals surface area (Å²) in [6.45, 7) is 0. The standard InChI is InChI=1S/C21H15ClN2OS2/c22-15-9-7-14(8-10-15)19(25)13-27-21-17-5-1-2-6-18(17)23-20(24-21)12-16-4-3-11-26-16/h1-11H,12-13H2. The highest BCUT2D eigenvalue weighted by atomic mass is 35.5. The highest BCUT2D eigenvalue weighted by molar-refractivity contribution is 8.00. The van der Waals surface area contributed by atoms with Crippen LogP contribution in [0, 0.1) is 0 Å². The van der Waals surface area contributed by atoms with Crippen LogP contribution in [0.2, 0.25) is 5.02 Å². The first-order valence-electron chi connectivity index (χ1n) is 8.38. The van der Waals surface area contributed by atoms with E-state index in [0.29, 0.717) is 22.8 Å². The molecule has 0 aliphatic carbocycles. The molecule has 0 fully saturated rings. The zero-order chi connectivity index (χ0) is 18.6. The van der Waals surface area contributed by atoms with Gasteiger partial charge >= 0.3 is 0 Å². The van der Waals surface area contributed by atoms with Crippen LogP contribution in [-0.2, 0) is 6.42 Å². The van der Waals surface area contributed by atoms with Crippen LogP contribution < -0.4 is 0 Å². The normalized spacial score (nSPS) is 11.0. The van der Waals surface area contributed by atoms with E-state index >= 15 is 0 Å². The zero-order valence-electron chi connectivity index (χ0n) is 14.3. The predicted octanol–water partition coefficient (Wildman–Crippen LogP) is 5.91. The van der Waals surface area contributed by atoms with Crippen LogP contribution in [0.4, 0.5) is 0 Å². The number of nitrogens with zero attached hydrogens (tertiary/aromatic N) is 2. The molecular formula is C21H15ClN2OS2. The van der Waals surface area contributed by atoms with Gasteiger partial charge in [-0.3, -0.25) is 4.79 Å². The van der Waals surface area contributed by atoms with Crippen LogP contribution in [0.1, 0.15) is 21.1 Å². The maximum Gasteiger partial charge on any atom is 0.173 e. The topological polar surface area (TPSA) is 42.9 Å². The lowest BCUT2D eigenvalue weighted by Crippen LogP contribution is -2.04. The molecule has 2 heterocycles. The van der Waals surface area contributed by atoms with Crippen molar-refractivity contribution in [2.24, 2.45) is 0 Å². The zero-order valence-corrected chi connectivity index (χ0v) is 16.7. The minimum atomic E-state index is 0.0548. The first-order valence-corrected chi connectivity index (χ1v) is 10.6. The summed E-state index contributed by atoms with van der Waals surface area (Å²) in [5.41, 5.74) is 1.56. The average molecular weight is 411 g/mol. The fourth-order valence-corrected chi connectivity index (χ4v) is 4.46. The number of para-hydroxylation sites is 1. The summed E-state index contributed by atoms with van der Waals surface area (Å²) in [6.07, 6.45) is 0.696. The molecule has 4 rings (SSSR count). The molecule has 0 amide bonds. The molecule has 134 valence electrons. The second-order valence-corrected chi connectivity index (χ2v) is 8.37. The molecule has 4 aromatic rings. The summed E-state index contributed by atoms with van der Waals surface area (Å²) in [5.74, 6) is 1.15. The molecule has 0 saturated heterocycles. The number of ketones is 1. The van der Waals surface area contributed by atoms with Gasteiger partial charge in [0.05, 0.1) is 11.3 Å². The van der Waals surface area contributed by atoms with Gasteiger partial charge in [-0.1, -0.05) is 47.6 Å². The number of hydrogen-bond acceptors (Lipinski definition) is 5. The van der Waals surface area contributed by atoms with Crippen molar-refractivity contribution in [1.82, 2.24) is 9.97 Å². The summed E-state index contributed by atoms with van der Waals surface area (Å²) < 4.78 is 0. The SMILES string of the molecule is O=C(CSc1nc(Cc2cccs2)nc2ccccc12)c1ccc(Cl)cc1. The van der Waals surface area contributed by atoms with Crippen LogP contribution in [0.15, 0.2) is 71.1 Å². The van der Waals surface area contributed by atoms with Crippen molar-refractivity contribution in [1.29, 1.82) is 0 Å². The number of rotatable bonds is 6. The summed E-state index contributed by atoms with van der Waals surface area (Å²) in [6, 6.07) is 19.0. The molecule has 0 spiro atoms. The van der Waals surface area contributed by atoms with Crippen molar-refractivity contribution < 1.29 is 4.79 Å². The number of halogens is 1. The summed E-state index contributed by atoms with van der Waals surface area (Å²) in [5, 5.41) is 4.49. The lowest BCUT2D eigenvalue weighted by Gasteiger charge is -2.08. The number of carbonyl (C=O) groups excluding carboxylic acids is 1. The van der Waals surface area contributed by atoms with E-state index in [-0.39, 0.29) is 5.78 Å². The van der Waals surface area contributed by atoms with Crippen molar-refractivity contribution in [2.45, 2.75) is 11.4 Å². The monoisotopic (exact) mass is 410 g/mol. The maximum atomic E-state index is 12.5. The molecule has 6 heteroatoms. The Hall–Kier alpha value is -2.21. The molecule has 0 aliphatic rings. The van der Waals surface area contributed by atoms with Crippen LogP contribution in [0.3, 0.4) is 0 Å². The van der Waals surface area contributed by atoms with Gasteiger partial charge in [-0.05, 0) is 41.8 Å². The van der Waals surface area contributed by atoms with Gasteiger partial charge in [0.15, 0.2) is 5.78 Å². The van der Waals surface area contributed by atoms with Crippen molar-refractivity contribution in [3.63, 3.8) is 0 Å². The molecule has 0 saturated carbocycles. The number of fused-ring (bicyclic) bond motifs is 1. The Morgan fingerprint density at radius 2 is 1.81 bits per heavy atom. The molecule has 3 nitrogen and oxygen atoms in total. The van der Waals surface area contributed by atoms with Gasteiger partial charge in [0.25, 0.3) is 0 Å². The van der Waals surface area contributed by atoms with Crippen molar-refractivity contribution in [2.75, 3.05) is 5.75 Å². The Labute approximate surface area is 170 Å². The molecule has 0 unspecified atom stereocenters. The van der Waals surface area contributed by atoms with Gasteiger partial charge in [0, 0.05) is 27.3 Å². The minimum Gasteiger partial charge on any atom is -0.293 e. The molecule has 0 aliphatic heterocycles. The van der Waals surface area contributed by atoms with Gasteiger partial charge in [-0.2, -0.15) is 0 Å². The number of thioether (sulfide) groups is 1. The third-order valence-corrected chi connectivity index (χ3v) is 6.15. The van der Waals surface area contributed by atoms with Crippen LogP contribution in [-0.4, -0.2) is 21.5 Å². The van der Waals surface area contributed by atoms with E-state index in [0.717, 1.165) is 21.8 Å². The van der Waals surface area contributed by atoms with Gasteiger partial charge in [-0.25, -0.2) is 9.97 Å². The second-order valence-electron chi connectivity index (χ2n) is 5.94. The molecule has 0 atom stereocenters. The maximum absolute atomic E-state index is 12.5. The predicted molar refractivity (Wildman–Crippen MR) is 113 cm³/mol. The Balaban J connectivity index is 1.59. The van der Waals surface area contributed by atoms with Crippen LogP contribution >= 0.6 is 34.7 Å². The molecule has 2 aromatic carbocycles. The Bertz CT molecular complexity index is 1080. The lowest BCUT2D eigenvalue weighted by molar-refractivity contribution is 0.102. The van der Waals surface area contributed by atoms with Crippen LogP contribution in [0.25, 0.3) is 10.9 Å². The first kappa shape index (κ1) is 18.2. The van der Waals surface area contributed by atoms with E-state index in [1.165, 1.54) is 16.6 Å². The van der Waals surface area contributed by atoms with E-state index in [2.05, 4.69) is 16.4 Å². The Kier molecular flexibility index (Phi) is 5.53. The Morgan fingerprint density at radius 1 is 1.00 bits per heavy atom. The van der Waals surface area contributed by atoms with E-state index < -0.39 is 0 Å². The van der Waals surface area contributed by atoms with Gasteiger partial charge in [0.2, 0.25) is 0 Å². The smallest absolute Gasteiger partial charge is 0.173 e. The molecule has 0 bridgehead atoms. The molecule has 2 aromatic heterocycles. The largest absolute Gasteiger partial charge is 0.293 e. The summed E-state index contributed by atoms with van der Waals surface area (Å²) >= 11 is 9.05. The quantitative estimate of drug-likeness (QED) is 0.225. The highest BCUT2D eigenvalue weighted by Crippen LogP contribution is 2.27. The third-order valence-electron chi connectivity index (χ3n) is 4.03. The van der Waals surface area contributed by atoms with E-state index in [4.69, 9.17) is 16.6 Å². The van der Waals surface area contributed by atoms with Crippen molar-refractivity contribution >= 4 is 51.4 Å². The van der Waals surface area contributed by atoms with E-state index in [1.807, 2.05) is 30.3 Å². The summed E-state index contributed by atoms with van der Waals surface area (Å²) in [7, 11) is 0. The molecule has 0 N–H and O–H groups in total. The second kappa shape index (κ2) is 8.21. The van der Waals surface area contributed by atoms with Crippen molar-refractivity contribution in [3.05, 3.63) is 87.3 Å². The van der Waals surface area contributed by atoms with Gasteiger partial charge < -0.3 is 0 Å². The summed E-state index contributed by atoms with van der Waals surface area (Å²) in [4.78, 5) is 23.2. The fourth-order valence-electron chi connectivity index (χ4n) is 2.70. The fraction of sp³-hybridized carbons (Fsp3) is 0.0952. The number of thiophene rings is 1. The molecule has 27 heavy (non-hydrogen) atoms. The third kappa shape index (κ3) is 4.38. The van der Waals surface area contributed by atoms with Gasteiger partial charge in [-0.15, -0.1) is 11.3 Å². The highest BCUT2D eigenvalue weighted by Gasteiger charge is 2.12. The number of hydrogen-bond donors (Lipinski definition) is 0. The molecular weight excluding hydrogens is 396 g/mol. The minimum absolute atomic E-state index is 0.0548. The number of carbonyl (C=O) groups is 1. The molecule has 0 radical (unpaired) electrons. The lowest BCUT2D eigenvalue weighted by atomic mass is 10.1. The van der Waals surface area contributed by atoms with Gasteiger partial charge in [0.1, 0.15) is 10.9 Å². The van der Waals surface area contributed by atoms with E-state index in [1.54, 1.807) is 35.6 Å². The van der Waals surface area contributed by atoms with Crippen molar-refractivity contribution in [3.8, 4) is 0 Å². The number of benzene rings is 2. The number of Topliss-reactive ketones (excluding diaryl/α,β-unsaturated/α-hetero) is 1.